The van der Waals surface area contributed by atoms with Crippen molar-refractivity contribution in [2.24, 2.45) is 18.9 Å². The lowest BCUT2D eigenvalue weighted by Crippen LogP contribution is -2.34. The fourth-order valence-corrected chi connectivity index (χ4v) is 5.29. The van der Waals surface area contributed by atoms with E-state index < -0.39 is 10.0 Å². The van der Waals surface area contributed by atoms with Gasteiger partial charge in [0.2, 0.25) is 5.16 Å². The molecule has 2 aliphatic rings. The summed E-state index contributed by atoms with van der Waals surface area (Å²) >= 11 is 0. The second-order valence-corrected chi connectivity index (χ2v) is 8.42. The first-order valence-corrected chi connectivity index (χ1v) is 9.40. The largest absolute Gasteiger partial charge is 0.356 e. The van der Waals surface area contributed by atoms with Gasteiger partial charge in [-0.05, 0) is 18.8 Å². The molecule has 2 saturated heterocycles. The Morgan fingerprint density at radius 3 is 2.38 bits per heavy atom. The van der Waals surface area contributed by atoms with Crippen LogP contribution in [0.4, 0.5) is 5.82 Å². The molecule has 2 aliphatic heterocycles. The highest BCUT2D eigenvalue weighted by atomic mass is 32.2. The second kappa shape index (κ2) is 5.52. The summed E-state index contributed by atoms with van der Waals surface area (Å²) in [5, 5.41) is 0.116. The number of aryl methyl sites for hydroxylation is 2. The lowest BCUT2D eigenvalue weighted by atomic mass is 10.0. The molecule has 0 amide bonds. The highest BCUT2D eigenvalue weighted by molar-refractivity contribution is 7.89. The molecule has 128 valence electrons. The van der Waals surface area contributed by atoms with Gasteiger partial charge in [-0.1, -0.05) is 0 Å². The zero-order valence-corrected chi connectivity index (χ0v) is 14.5. The summed E-state index contributed by atoms with van der Waals surface area (Å²) in [6.07, 6.45) is 4.75. The van der Waals surface area contributed by atoms with Crippen LogP contribution in [0.15, 0.2) is 29.9 Å². The highest BCUT2D eigenvalue weighted by Crippen LogP contribution is 2.35. The molecule has 0 N–H and O–H groups in total. The molecule has 8 nitrogen and oxygen atoms in total. The summed E-state index contributed by atoms with van der Waals surface area (Å²) in [6, 6.07) is 1.98. The van der Waals surface area contributed by atoms with Crippen molar-refractivity contribution in [2.45, 2.75) is 12.1 Å². The number of aromatic nitrogens is 4. The Hall–Kier alpha value is -2.00. The van der Waals surface area contributed by atoms with Crippen molar-refractivity contribution in [3.63, 3.8) is 0 Å². The van der Waals surface area contributed by atoms with Gasteiger partial charge in [-0.3, -0.25) is 0 Å². The Kier molecular flexibility index (Phi) is 3.57. The maximum absolute atomic E-state index is 12.8. The highest BCUT2D eigenvalue weighted by Gasteiger charge is 2.45. The van der Waals surface area contributed by atoms with Crippen LogP contribution < -0.4 is 4.90 Å². The molecular formula is C15H20N6O2S. The third kappa shape index (κ3) is 2.48. The SMILES string of the molecule is Cc1cc(N2CC3CN(S(=O)(=O)c4nccn4C)CC3C2)ncn1. The van der Waals surface area contributed by atoms with E-state index in [1.54, 1.807) is 28.4 Å². The molecule has 2 aromatic heterocycles. The van der Waals surface area contributed by atoms with Crippen LogP contribution in [-0.2, 0) is 17.1 Å². The lowest BCUT2D eigenvalue weighted by molar-refractivity contribution is 0.444. The van der Waals surface area contributed by atoms with Gasteiger partial charge in [0.25, 0.3) is 10.0 Å². The number of rotatable bonds is 3. The zero-order chi connectivity index (χ0) is 16.9. The molecule has 2 unspecified atom stereocenters. The number of hydrogen-bond acceptors (Lipinski definition) is 6. The predicted molar refractivity (Wildman–Crippen MR) is 87.9 cm³/mol. The third-order valence-corrected chi connectivity index (χ3v) is 6.75. The molecule has 2 atom stereocenters. The van der Waals surface area contributed by atoms with Crippen molar-refractivity contribution < 1.29 is 8.42 Å². The molecule has 2 aromatic rings. The van der Waals surface area contributed by atoms with Crippen molar-refractivity contribution in [3.8, 4) is 0 Å². The Balaban J connectivity index is 1.49. The molecule has 24 heavy (non-hydrogen) atoms. The van der Waals surface area contributed by atoms with E-state index in [4.69, 9.17) is 0 Å². The normalized spacial score (nSPS) is 24.5. The molecule has 2 fully saturated rings. The van der Waals surface area contributed by atoms with Crippen molar-refractivity contribution >= 4 is 15.8 Å². The van der Waals surface area contributed by atoms with Crippen LogP contribution in [0.2, 0.25) is 0 Å². The Morgan fingerprint density at radius 1 is 1.08 bits per heavy atom. The molecular weight excluding hydrogens is 328 g/mol. The fraction of sp³-hybridized carbons (Fsp3) is 0.533. The zero-order valence-electron chi connectivity index (χ0n) is 13.7. The minimum atomic E-state index is -3.52. The Bertz CT molecular complexity index is 850. The summed E-state index contributed by atoms with van der Waals surface area (Å²) in [5.41, 5.74) is 0.941. The Labute approximate surface area is 141 Å². The van der Waals surface area contributed by atoms with Crippen molar-refractivity contribution in [1.29, 1.82) is 0 Å². The van der Waals surface area contributed by atoms with E-state index in [0.29, 0.717) is 24.9 Å². The van der Waals surface area contributed by atoms with E-state index in [1.165, 1.54) is 6.20 Å². The monoisotopic (exact) mass is 348 g/mol. The quantitative estimate of drug-likeness (QED) is 0.792. The fourth-order valence-electron chi connectivity index (χ4n) is 3.66. The average Bonchev–Trinajstić information content (AvgIpc) is 3.20. The first-order valence-electron chi connectivity index (χ1n) is 7.96. The summed E-state index contributed by atoms with van der Waals surface area (Å²) in [4.78, 5) is 14.7. The van der Waals surface area contributed by atoms with Crippen LogP contribution in [0.3, 0.4) is 0 Å². The Morgan fingerprint density at radius 2 is 1.79 bits per heavy atom. The van der Waals surface area contributed by atoms with Crippen LogP contribution >= 0.6 is 0 Å². The van der Waals surface area contributed by atoms with Gasteiger partial charge in [0.05, 0.1) is 0 Å². The number of imidazole rings is 1. The minimum Gasteiger partial charge on any atom is -0.356 e. The van der Waals surface area contributed by atoms with Gasteiger partial charge in [-0.2, -0.15) is 4.31 Å². The summed E-state index contributed by atoms with van der Waals surface area (Å²) in [7, 11) is -1.81. The van der Waals surface area contributed by atoms with Gasteiger partial charge >= 0.3 is 0 Å². The van der Waals surface area contributed by atoms with Gasteiger partial charge in [0.15, 0.2) is 0 Å². The van der Waals surface area contributed by atoms with E-state index in [1.807, 2.05) is 13.0 Å². The van der Waals surface area contributed by atoms with Gasteiger partial charge in [0, 0.05) is 57.4 Å². The van der Waals surface area contributed by atoms with Gasteiger partial charge < -0.3 is 9.47 Å². The first kappa shape index (κ1) is 15.5. The molecule has 0 aliphatic carbocycles. The third-order valence-electron chi connectivity index (χ3n) is 4.91. The maximum Gasteiger partial charge on any atom is 0.277 e. The molecule has 9 heteroatoms. The second-order valence-electron chi connectivity index (χ2n) is 6.59. The summed E-state index contributed by atoms with van der Waals surface area (Å²) < 4.78 is 28.6. The van der Waals surface area contributed by atoms with Crippen molar-refractivity contribution in [2.75, 3.05) is 31.1 Å². The van der Waals surface area contributed by atoms with Crippen LogP contribution in [-0.4, -0.2) is 58.4 Å². The molecule has 0 saturated carbocycles. The van der Waals surface area contributed by atoms with Crippen molar-refractivity contribution in [3.05, 3.63) is 30.5 Å². The van der Waals surface area contributed by atoms with E-state index in [0.717, 1.165) is 24.6 Å². The maximum atomic E-state index is 12.8. The molecule has 0 aromatic carbocycles. The number of hydrogen-bond donors (Lipinski definition) is 0. The van der Waals surface area contributed by atoms with Gasteiger partial charge in [-0.25, -0.2) is 23.4 Å². The van der Waals surface area contributed by atoms with Crippen LogP contribution in [0.25, 0.3) is 0 Å². The van der Waals surface area contributed by atoms with Crippen LogP contribution in [0.1, 0.15) is 5.69 Å². The number of anilines is 1. The average molecular weight is 348 g/mol. The van der Waals surface area contributed by atoms with Gasteiger partial charge in [0.1, 0.15) is 12.1 Å². The topological polar surface area (TPSA) is 84.2 Å². The van der Waals surface area contributed by atoms with E-state index >= 15 is 0 Å². The number of sulfonamides is 1. The van der Waals surface area contributed by atoms with Crippen LogP contribution in [0.5, 0.6) is 0 Å². The smallest absolute Gasteiger partial charge is 0.277 e. The lowest BCUT2D eigenvalue weighted by Gasteiger charge is -2.22. The van der Waals surface area contributed by atoms with E-state index in [2.05, 4.69) is 19.9 Å². The standard InChI is InChI=1S/C15H20N6O2S/c1-11-5-14(18-10-17-11)20-6-12-8-21(9-13(12)7-20)24(22,23)15-16-3-4-19(15)2/h3-5,10,12-13H,6-9H2,1-2H3. The van der Waals surface area contributed by atoms with Crippen LogP contribution in [0, 0.1) is 18.8 Å². The van der Waals surface area contributed by atoms with Gasteiger partial charge in [-0.15, -0.1) is 0 Å². The van der Waals surface area contributed by atoms with Crippen molar-refractivity contribution in [1.82, 2.24) is 23.8 Å². The molecule has 4 rings (SSSR count). The molecule has 0 bridgehead atoms. The summed E-state index contributed by atoms with van der Waals surface area (Å²) in [6.45, 7) is 4.69. The van der Waals surface area contributed by atoms with E-state index in [-0.39, 0.29) is 5.16 Å². The minimum absolute atomic E-state index is 0.116. The number of fused-ring (bicyclic) bond motifs is 1. The molecule has 0 spiro atoms. The van der Waals surface area contributed by atoms with E-state index in [9.17, 15) is 8.42 Å². The number of nitrogens with zero attached hydrogens (tertiary/aromatic N) is 6. The first-order chi connectivity index (χ1) is 11.4. The molecule has 4 heterocycles. The molecule has 0 radical (unpaired) electrons. The predicted octanol–water partition coefficient (Wildman–Crippen LogP) is 0.275. The summed E-state index contributed by atoms with van der Waals surface area (Å²) in [5.74, 6) is 1.58.